The summed E-state index contributed by atoms with van der Waals surface area (Å²) in [6.07, 6.45) is 11.2. The Labute approximate surface area is 287 Å². The van der Waals surface area contributed by atoms with E-state index in [0.29, 0.717) is 24.2 Å². The molecule has 0 fully saturated rings. The summed E-state index contributed by atoms with van der Waals surface area (Å²) in [7, 11) is 0. The normalized spacial score (nSPS) is 12.7. The molecule has 2 unspecified atom stereocenters. The first kappa shape index (κ1) is 36.9. The molecule has 8 N–H and O–H groups in total. The fourth-order valence-corrected chi connectivity index (χ4v) is 5.98. The fourth-order valence-electron chi connectivity index (χ4n) is 5.98. The van der Waals surface area contributed by atoms with Gasteiger partial charge in [-0.2, -0.15) is 0 Å². The number of unbranched alkanes of at least 4 members (excludes halogenated alkanes) is 4. The molecule has 12 heteroatoms. The number of nitrogens with zero attached hydrogens (tertiary/aromatic N) is 2. The number of ketones is 2. The van der Waals surface area contributed by atoms with E-state index in [-0.39, 0.29) is 34.5 Å². The third-order valence-corrected chi connectivity index (χ3v) is 8.70. The average Bonchev–Trinajstić information content (AvgIpc) is 3.82. The molecule has 4 rings (SSSR count). The minimum absolute atomic E-state index is 0.00117. The van der Waals surface area contributed by atoms with E-state index in [1.807, 2.05) is 27.7 Å². The van der Waals surface area contributed by atoms with Gasteiger partial charge in [0.2, 0.25) is 11.8 Å². The molecule has 0 bridgehead atoms. The summed E-state index contributed by atoms with van der Waals surface area (Å²) in [6, 6.07) is 9.15. The van der Waals surface area contributed by atoms with Gasteiger partial charge in [0, 0.05) is 33.4 Å². The molecule has 0 radical (unpaired) electrons. The number of amides is 2. The zero-order valence-electron chi connectivity index (χ0n) is 28.7. The Balaban J connectivity index is 1.25. The van der Waals surface area contributed by atoms with Gasteiger partial charge < -0.3 is 32.1 Å². The molecule has 0 aliphatic carbocycles. The van der Waals surface area contributed by atoms with Crippen LogP contribution in [0.2, 0.25) is 0 Å². The van der Waals surface area contributed by atoms with Crippen molar-refractivity contribution in [2.24, 2.45) is 23.3 Å². The van der Waals surface area contributed by atoms with Crippen LogP contribution in [-0.4, -0.2) is 68.5 Å². The Kier molecular flexibility index (Phi) is 13.1. The molecule has 0 aliphatic heterocycles. The second-order valence-corrected chi connectivity index (χ2v) is 13.0. The SMILES string of the molecule is CC(C)C(NCCCCCCCNC(C(=O)c1cc(-c2cnc[nH]2)ccc1C(N)=O)C(C)C)C(=O)c1cc(-c2cnc[nH]2)ccc1C(N)=O. The summed E-state index contributed by atoms with van der Waals surface area (Å²) in [5.74, 6) is -1.62. The molecule has 2 aromatic carbocycles. The molecule has 2 aromatic heterocycles. The molecule has 49 heavy (non-hydrogen) atoms. The molecule has 0 saturated carbocycles. The summed E-state index contributed by atoms with van der Waals surface area (Å²) in [6.45, 7) is 9.22. The maximum atomic E-state index is 13.7. The maximum absolute atomic E-state index is 13.7. The van der Waals surface area contributed by atoms with E-state index < -0.39 is 23.9 Å². The monoisotopic (exact) mass is 668 g/mol. The number of aromatic nitrogens is 4. The predicted molar refractivity (Wildman–Crippen MR) is 190 cm³/mol. The van der Waals surface area contributed by atoms with E-state index in [2.05, 4.69) is 30.6 Å². The van der Waals surface area contributed by atoms with Crippen LogP contribution < -0.4 is 22.1 Å². The van der Waals surface area contributed by atoms with Crippen molar-refractivity contribution in [3.63, 3.8) is 0 Å². The van der Waals surface area contributed by atoms with E-state index in [1.165, 1.54) is 0 Å². The van der Waals surface area contributed by atoms with Crippen molar-refractivity contribution in [1.82, 2.24) is 30.6 Å². The molecule has 0 saturated heterocycles. The van der Waals surface area contributed by atoms with Crippen LogP contribution in [0, 0.1) is 11.8 Å². The lowest BCUT2D eigenvalue weighted by Crippen LogP contribution is -2.42. The van der Waals surface area contributed by atoms with Gasteiger partial charge in [-0.1, -0.05) is 59.1 Å². The Morgan fingerprint density at radius 2 is 1.00 bits per heavy atom. The first-order valence-corrected chi connectivity index (χ1v) is 16.9. The first-order chi connectivity index (χ1) is 23.5. The number of nitrogens with one attached hydrogen (secondary N) is 4. The second-order valence-electron chi connectivity index (χ2n) is 13.0. The standard InChI is InChI=1S/C37H48N8O4/c1-22(2)32(34(46)28-16-24(30-18-40-20-44-30)10-12-26(28)36(38)48)42-14-8-6-5-7-9-15-43-33(23(3)4)35(47)29-17-25(31-19-41-21-45-31)11-13-27(29)37(39)49/h10-13,16-23,32-33,42-43H,5-9,14-15H2,1-4H3,(H2,38,48)(H2,39,49)(H,40,44)(H,41,45). The second kappa shape index (κ2) is 17.5. The zero-order valence-corrected chi connectivity index (χ0v) is 28.7. The Hall–Kier alpha value is -4.94. The van der Waals surface area contributed by atoms with Crippen LogP contribution in [0.5, 0.6) is 0 Å². The van der Waals surface area contributed by atoms with Gasteiger partial charge in [0.05, 0.1) is 48.5 Å². The molecule has 2 atom stereocenters. The van der Waals surface area contributed by atoms with Gasteiger partial charge in [-0.05, 0) is 62.0 Å². The smallest absolute Gasteiger partial charge is 0.249 e. The average molecular weight is 669 g/mol. The third kappa shape index (κ3) is 9.58. The number of carbonyl (C=O) groups excluding carboxylic acids is 4. The summed E-state index contributed by atoms with van der Waals surface area (Å²) >= 11 is 0. The molecule has 2 amide bonds. The number of nitrogens with two attached hydrogens (primary N) is 2. The number of H-pyrrole nitrogens is 2. The molecule has 2 heterocycles. The number of hydrogen-bond acceptors (Lipinski definition) is 8. The van der Waals surface area contributed by atoms with Gasteiger partial charge >= 0.3 is 0 Å². The highest BCUT2D eigenvalue weighted by molar-refractivity contribution is 6.11. The van der Waals surface area contributed by atoms with Crippen molar-refractivity contribution in [3.05, 3.63) is 83.7 Å². The number of primary amides is 2. The van der Waals surface area contributed by atoms with Gasteiger partial charge in [0.1, 0.15) is 0 Å². The Morgan fingerprint density at radius 1 is 0.612 bits per heavy atom. The minimum atomic E-state index is -0.643. The van der Waals surface area contributed by atoms with Gasteiger partial charge in [0.15, 0.2) is 11.6 Å². The highest BCUT2D eigenvalue weighted by Gasteiger charge is 2.28. The number of rotatable bonds is 20. The number of aromatic amines is 2. The van der Waals surface area contributed by atoms with E-state index in [0.717, 1.165) is 54.6 Å². The number of carbonyl (C=O) groups is 4. The molecule has 0 aliphatic rings. The Morgan fingerprint density at radius 3 is 1.33 bits per heavy atom. The van der Waals surface area contributed by atoms with Gasteiger partial charge in [-0.25, -0.2) is 9.97 Å². The van der Waals surface area contributed by atoms with Crippen LogP contribution in [0.25, 0.3) is 22.5 Å². The van der Waals surface area contributed by atoms with Crippen LogP contribution in [0.3, 0.4) is 0 Å². The van der Waals surface area contributed by atoms with Crippen LogP contribution in [-0.2, 0) is 0 Å². The highest BCUT2D eigenvalue weighted by atomic mass is 16.2. The first-order valence-electron chi connectivity index (χ1n) is 16.9. The molecule has 12 nitrogen and oxygen atoms in total. The van der Waals surface area contributed by atoms with Gasteiger partial charge in [-0.15, -0.1) is 0 Å². The molecular weight excluding hydrogens is 620 g/mol. The lowest BCUT2D eigenvalue weighted by molar-refractivity contribution is 0.0902. The van der Waals surface area contributed by atoms with E-state index in [9.17, 15) is 19.2 Å². The van der Waals surface area contributed by atoms with Crippen molar-refractivity contribution in [2.45, 2.75) is 71.9 Å². The van der Waals surface area contributed by atoms with Crippen molar-refractivity contribution >= 4 is 23.4 Å². The van der Waals surface area contributed by atoms with Crippen molar-refractivity contribution in [3.8, 4) is 22.5 Å². The van der Waals surface area contributed by atoms with Crippen molar-refractivity contribution in [1.29, 1.82) is 0 Å². The molecule has 4 aromatic rings. The van der Waals surface area contributed by atoms with E-state index in [1.54, 1.807) is 61.4 Å². The predicted octanol–water partition coefficient (Wildman–Crippen LogP) is 4.91. The summed E-state index contributed by atoms with van der Waals surface area (Å²) in [5, 5.41) is 6.82. The van der Waals surface area contributed by atoms with E-state index in [4.69, 9.17) is 11.5 Å². The quantitative estimate of drug-likeness (QED) is 0.0563. The van der Waals surface area contributed by atoms with Crippen LogP contribution in [0.15, 0.2) is 61.4 Å². The lowest BCUT2D eigenvalue weighted by atomic mass is 9.90. The Bertz CT molecular complexity index is 1590. The number of hydrogen-bond donors (Lipinski definition) is 6. The van der Waals surface area contributed by atoms with Gasteiger partial charge in [-0.3, -0.25) is 19.2 Å². The van der Waals surface area contributed by atoms with Crippen LogP contribution in [0.1, 0.15) is 101 Å². The highest BCUT2D eigenvalue weighted by Crippen LogP contribution is 2.25. The molecule has 260 valence electrons. The fraction of sp³-hybridized carbons (Fsp3) is 0.405. The maximum Gasteiger partial charge on any atom is 0.249 e. The number of benzene rings is 2. The third-order valence-electron chi connectivity index (χ3n) is 8.70. The van der Waals surface area contributed by atoms with Crippen LogP contribution >= 0.6 is 0 Å². The topological polar surface area (TPSA) is 202 Å². The van der Waals surface area contributed by atoms with Gasteiger partial charge in [0.25, 0.3) is 0 Å². The number of imidazole rings is 2. The molecule has 0 spiro atoms. The van der Waals surface area contributed by atoms with E-state index >= 15 is 0 Å². The van der Waals surface area contributed by atoms with Crippen LogP contribution in [0.4, 0.5) is 0 Å². The zero-order chi connectivity index (χ0) is 35.5. The van der Waals surface area contributed by atoms with Crippen molar-refractivity contribution in [2.75, 3.05) is 13.1 Å². The summed E-state index contributed by atoms with van der Waals surface area (Å²) in [5.41, 5.74) is 15.2. The number of Topliss-reactive ketones (excluding diaryl/α,β-unsaturated/α-hetero) is 2. The molecular formula is C37H48N8O4. The van der Waals surface area contributed by atoms with Crippen molar-refractivity contribution < 1.29 is 19.2 Å². The summed E-state index contributed by atoms with van der Waals surface area (Å²) < 4.78 is 0. The largest absolute Gasteiger partial charge is 0.366 e. The minimum Gasteiger partial charge on any atom is -0.366 e. The lowest BCUT2D eigenvalue weighted by Gasteiger charge is -2.23. The summed E-state index contributed by atoms with van der Waals surface area (Å²) in [4.78, 5) is 65.9.